The third kappa shape index (κ3) is 16.3. The first-order valence-electron chi connectivity index (χ1n) is 19.0. The fourth-order valence-corrected chi connectivity index (χ4v) is 5.63. The number of ether oxygens (including phenoxy) is 4. The van der Waals surface area contributed by atoms with Gasteiger partial charge in [-0.15, -0.1) is 0 Å². The number of fused-ring (bicyclic) bond motifs is 1. The summed E-state index contributed by atoms with van der Waals surface area (Å²) >= 11 is 0. The molecule has 1 fully saturated rings. The molecule has 9 heteroatoms. The van der Waals surface area contributed by atoms with Crippen molar-refractivity contribution in [2.45, 2.75) is 73.6 Å². The number of unbranched alkanes of at least 4 members (excludes halogenated alkanes) is 1. The van der Waals surface area contributed by atoms with Crippen LogP contribution >= 0.6 is 0 Å². The molecule has 0 saturated carbocycles. The minimum Gasteiger partial charge on any atom is -0.494 e. The number of hydrogen-bond donors (Lipinski definition) is 0. The van der Waals surface area contributed by atoms with Crippen molar-refractivity contribution in [2.24, 2.45) is 5.92 Å². The maximum Gasteiger partial charge on any atom is 0.227 e. The van der Waals surface area contributed by atoms with Crippen LogP contribution in [-0.2, 0) is 9.47 Å². The van der Waals surface area contributed by atoms with Crippen molar-refractivity contribution in [1.82, 2.24) is 19.7 Å². The van der Waals surface area contributed by atoms with Gasteiger partial charge in [0, 0.05) is 70.7 Å². The molecule has 0 amide bonds. The van der Waals surface area contributed by atoms with Crippen molar-refractivity contribution in [3.63, 3.8) is 0 Å². The van der Waals surface area contributed by atoms with Gasteiger partial charge >= 0.3 is 0 Å². The summed E-state index contributed by atoms with van der Waals surface area (Å²) in [5.74, 6) is 3.11. The van der Waals surface area contributed by atoms with Gasteiger partial charge in [0.2, 0.25) is 5.89 Å². The molecule has 2 aromatic carbocycles. The Morgan fingerprint density at radius 2 is 1.37 bits per heavy atom. The van der Waals surface area contributed by atoms with Crippen molar-refractivity contribution < 1.29 is 23.4 Å². The Labute approximate surface area is 297 Å². The number of aromatic nitrogens is 1. The summed E-state index contributed by atoms with van der Waals surface area (Å²) in [7, 11) is 0. The highest BCUT2D eigenvalue weighted by atomic mass is 16.5. The fourth-order valence-electron chi connectivity index (χ4n) is 5.63. The maximum atomic E-state index is 6.03. The molecule has 2 heterocycles. The second kappa shape index (κ2) is 24.5. The number of benzene rings is 2. The number of oxazole rings is 1. The van der Waals surface area contributed by atoms with Crippen molar-refractivity contribution in [3.8, 4) is 23.0 Å². The van der Waals surface area contributed by atoms with E-state index in [1.807, 2.05) is 49.4 Å². The normalized spacial score (nSPS) is 14.0. The average molecular weight is 683 g/mol. The van der Waals surface area contributed by atoms with E-state index in [0.29, 0.717) is 12.5 Å². The topological polar surface area (TPSA) is 72.7 Å². The van der Waals surface area contributed by atoms with Crippen molar-refractivity contribution in [2.75, 3.05) is 98.5 Å². The molecular weight excluding hydrogens is 616 g/mol. The summed E-state index contributed by atoms with van der Waals surface area (Å²) in [6, 6.07) is 13.8. The zero-order valence-corrected chi connectivity index (χ0v) is 31.6. The lowest BCUT2D eigenvalue weighted by Crippen LogP contribution is -2.47. The number of rotatable bonds is 23. The highest BCUT2D eigenvalue weighted by molar-refractivity contribution is 5.77. The largest absolute Gasteiger partial charge is 0.494 e. The van der Waals surface area contributed by atoms with Gasteiger partial charge in [0.1, 0.15) is 17.0 Å². The van der Waals surface area contributed by atoms with Crippen LogP contribution in [0.15, 0.2) is 46.9 Å². The lowest BCUT2D eigenvalue weighted by molar-refractivity contribution is 0.0791. The number of hydrogen-bond acceptors (Lipinski definition) is 9. The lowest BCUT2D eigenvalue weighted by atomic mass is 10.1. The van der Waals surface area contributed by atoms with Crippen molar-refractivity contribution in [1.29, 1.82) is 0 Å². The molecule has 0 atom stereocenters. The van der Waals surface area contributed by atoms with Gasteiger partial charge in [-0.3, -0.25) is 4.90 Å². The monoisotopic (exact) mass is 683 g/mol. The zero-order valence-electron chi connectivity index (χ0n) is 31.6. The second-order valence-electron chi connectivity index (χ2n) is 13.2. The summed E-state index contributed by atoms with van der Waals surface area (Å²) in [5, 5.41) is 0. The van der Waals surface area contributed by atoms with Gasteiger partial charge in [-0.2, -0.15) is 0 Å². The van der Waals surface area contributed by atoms with Crippen LogP contribution in [-0.4, -0.2) is 118 Å². The van der Waals surface area contributed by atoms with Gasteiger partial charge in [0.25, 0.3) is 0 Å². The molecule has 1 aliphatic heterocycles. The van der Waals surface area contributed by atoms with E-state index in [4.69, 9.17) is 23.4 Å². The molecule has 9 nitrogen and oxygen atoms in total. The summed E-state index contributed by atoms with van der Waals surface area (Å²) in [5.41, 5.74) is 2.51. The van der Waals surface area contributed by atoms with E-state index in [0.717, 1.165) is 132 Å². The molecule has 1 saturated heterocycles. The summed E-state index contributed by atoms with van der Waals surface area (Å²) in [4.78, 5) is 12.2. The van der Waals surface area contributed by atoms with E-state index in [-0.39, 0.29) is 0 Å². The molecule has 1 aliphatic rings. The van der Waals surface area contributed by atoms with Gasteiger partial charge < -0.3 is 33.2 Å². The van der Waals surface area contributed by atoms with E-state index in [1.165, 1.54) is 25.9 Å². The Morgan fingerprint density at radius 3 is 2.04 bits per heavy atom. The molecule has 276 valence electrons. The molecule has 3 aromatic rings. The molecule has 0 spiro atoms. The molecule has 0 bridgehead atoms. The highest BCUT2D eigenvalue weighted by Crippen LogP contribution is 2.28. The average Bonchev–Trinajstić information content (AvgIpc) is 3.54. The third-order valence-electron chi connectivity index (χ3n) is 8.65. The van der Waals surface area contributed by atoms with Crippen LogP contribution in [0.25, 0.3) is 22.6 Å². The molecule has 0 radical (unpaired) electrons. The van der Waals surface area contributed by atoms with E-state index in [2.05, 4.69) is 54.3 Å². The molecule has 49 heavy (non-hydrogen) atoms. The van der Waals surface area contributed by atoms with Crippen LogP contribution in [0.3, 0.4) is 0 Å². The van der Waals surface area contributed by atoms with Gasteiger partial charge in [-0.1, -0.05) is 34.1 Å². The first-order valence-corrected chi connectivity index (χ1v) is 19.0. The van der Waals surface area contributed by atoms with Gasteiger partial charge in [-0.25, -0.2) is 4.98 Å². The Kier molecular flexibility index (Phi) is 20.3. The molecule has 0 aliphatic carbocycles. The van der Waals surface area contributed by atoms with Crippen LogP contribution in [0, 0.1) is 5.92 Å². The van der Waals surface area contributed by atoms with Crippen molar-refractivity contribution in [3.05, 3.63) is 42.5 Å². The minimum atomic E-state index is 0.609. The Balaban J connectivity index is 0.000000393. The quantitative estimate of drug-likeness (QED) is 0.0929. The molecule has 0 unspecified atom stereocenters. The van der Waals surface area contributed by atoms with Crippen LogP contribution in [0.5, 0.6) is 11.5 Å². The van der Waals surface area contributed by atoms with Gasteiger partial charge in [0.05, 0.1) is 26.4 Å². The standard InChI is InChI=1S/C28H39N3O4.C12H27NO/c1-3-5-19-33-24-9-7-23(8-10-24)28-29-26-12-11-25(22-27(26)35-28)34-20-6-13-30-14-16-31(17-15-30)18-21-32-4-2;1-5-8-13(9-7-12(3)4)10-11-14-6-2/h7-12,22H,3-6,13-21H2,1-2H3;12H,5-11H2,1-4H3. The van der Waals surface area contributed by atoms with E-state index >= 15 is 0 Å². The zero-order chi connectivity index (χ0) is 35.1. The Hall–Kier alpha value is -2.69. The predicted octanol–water partition coefficient (Wildman–Crippen LogP) is 7.88. The highest BCUT2D eigenvalue weighted by Gasteiger charge is 2.16. The Bertz CT molecular complexity index is 1240. The molecule has 0 N–H and O–H groups in total. The SMILES string of the molecule is CCCCOc1ccc(-c2nc3ccc(OCCCN4CCN(CCOCC)CC4)cc3o2)cc1.CCCN(CCOCC)CCC(C)C. The van der Waals surface area contributed by atoms with Crippen LogP contribution < -0.4 is 9.47 Å². The van der Waals surface area contributed by atoms with Crippen LogP contribution in [0.1, 0.15) is 73.6 Å². The summed E-state index contributed by atoms with van der Waals surface area (Å²) < 4.78 is 28.6. The molecule has 1 aromatic heterocycles. The third-order valence-corrected chi connectivity index (χ3v) is 8.65. The minimum absolute atomic E-state index is 0.609. The van der Waals surface area contributed by atoms with Crippen LogP contribution in [0.2, 0.25) is 0 Å². The molecule has 4 rings (SSSR count). The lowest BCUT2D eigenvalue weighted by Gasteiger charge is -2.34. The van der Waals surface area contributed by atoms with Crippen LogP contribution in [0.4, 0.5) is 0 Å². The second-order valence-corrected chi connectivity index (χ2v) is 13.2. The number of piperazine rings is 1. The smallest absolute Gasteiger partial charge is 0.227 e. The maximum absolute atomic E-state index is 6.03. The van der Waals surface area contributed by atoms with Gasteiger partial charge in [-0.05, 0) is 94.9 Å². The predicted molar refractivity (Wildman–Crippen MR) is 202 cm³/mol. The van der Waals surface area contributed by atoms with Gasteiger partial charge in [0.15, 0.2) is 5.58 Å². The summed E-state index contributed by atoms with van der Waals surface area (Å²) in [6.07, 6.45) is 5.73. The Morgan fingerprint density at radius 1 is 0.714 bits per heavy atom. The van der Waals surface area contributed by atoms with E-state index in [9.17, 15) is 0 Å². The molecular formula is C40H66N4O5. The first-order chi connectivity index (χ1) is 23.9. The fraction of sp³-hybridized carbons (Fsp3) is 0.675. The summed E-state index contributed by atoms with van der Waals surface area (Å²) in [6.45, 7) is 27.9. The first kappa shape index (κ1) is 40.7. The van der Waals surface area contributed by atoms with E-state index in [1.54, 1.807) is 0 Å². The van der Waals surface area contributed by atoms with E-state index < -0.39 is 0 Å². The number of nitrogens with zero attached hydrogens (tertiary/aromatic N) is 4. The van der Waals surface area contributed by atoms with Crippen molar-refractivity contribution >= 4 is 11.1 Å².